The highest BCUT2D eigenvalue weighted by molar-refractivity contribution is 5.80. The van der Waals surface area contributed by atoms with Gasteiger partial charge in [-0.2, -0.15) is 5.10 Å². The van der Waals surface area contributed by atoms with E-state index in [4.69, 9.17) is 5.11 Å². The van der Waals surface area contributed by atoms with E-state index < -0.39 is 12.1 Å². The zero-order chi connectivity index (χ0) is 10.8. The normalized spacial score (nSPS) is 9.57. The van der Waals surface area contributed by atoms with Gasteiger partial charge in [-0.15, -0.1) is 0 Å². The van der Waals surface area contributed by atoms with E-state index in [1.165, 1.54) is 6.21 Å². The Balaban J connectivity index is 3.50. The SMILES string of the molecule is CC=NNC(=O)NNC(=O)NCCO. The fraction of sp³-hybridized carbons (Fsp3) is 0.500. The van der Waals surface area contributed by atoms with E-state index in [1.54, 1.807) is 6.92 Å². The smallest absolute Gasteiger partial charge is 0.353 e. The largest absolute Gasteiger partial charge is 0.395 e. The van der Waals surface area contributed by atoms with Crippen LogP contribution < -0.4 is 21.6 Å². The molecule has 80 valence electrons. The Kier molecular flexibility index (Phi) is 6.78. The molecule has 0 spiro atoms. The summed E-state index contributed by atoms with van der Waals surface area (Å²) >= 11 is 0. The molecule has 0 heterocycles. The van der Waals surface area contributed by atoms with Gasteiger partial charge in [0.2, 0.25) is 0 Å². The van der Waals surface area contributed by atoms with Crippen LogP contribution in [0.5, 0.6) is 0 Å². The first kappa shape index (κ1) is 12.2. The molecule has 8 heteroatoms. The number of amides is 4. The third kappa shape index (κ3) is 6.85. The Hall–Kier alpha value is -1.83. The molecule has 0 aromatic rings. The number of carbonyl (C=O) groups excluding carboxylic acids is 2. The molecule has 0 radical (unpaired) electrons. The molecule has 0 aliphatic rings. The maximum atomic E-state index is 10.8. The maximum Gasteiger partial charge on any atom is 0.353 e. The summed E-state index contributed by atoms with van der Waals surface area (Å²) in [6.07, 6.45) is 1.38. The lowest BCUT2D eigenvalue weighted by Gasteiger charge is -2.06. The van der Waals surface area contributed by atoms with E-state index in [9.17, 15) is 9.59 Å². The van der Waals surface area contributed by atoms with Gasteiger partial charge < -0.3 is 10.4 Å². The van der Waals surface area contributed by atoms with Gasteiger partial charge in [0.25, 0.3) is 0 Å². The van der Waals surface area contributed by atoms with Gasteiger partial charge in [0.15, 0.2) is 0 Å². The molecule has 5 N–H and O–H groups in total. The summed E-state index contributed by atoms with van der Waals surface area (Å²) in [6, 6.07) is -1.28. The van der Waals surface area contributed by atoms with Crippen molar-refractivity contribution in [2.45, 2.75) is 6.92 Å². The number of hydrazone groups is 1. The van der Waals surface area contributed by atoms with Crippen molar-refractivity contribution >= 4 is 18.3 Å². The van der Waals surface area contributed by atoms with Crippen molar-refractivity contribution in [2.24, 2.45) is 5.10 Å². The lowest BCUT2D eigenvalue weighted by Crippen LogP contribution is -2.50. The van der Waals surface area contributed by atoms with Crippen molar-refractivity contribution in [1.82, 2.24) is 21.6 Å². The average molecular weight is 203 g/mol. The van der Waals surface area contributed by atoms with Crippen LogP contribution in [0.3, 0.4) is 0 Å². The monoisotopic (exact) mass is 203 g/mol. The number of hydrazine groups is 1. The quantitative estimate of drug-likeness (QED) is 0.284. The van der Waals surface area contributed by atoms with Gasteiger partial charge in [0.05, 0.1) is 6.61 Å². The van der Waals surface area contributed by atoms with Gasteiger partial charge in [-0.3, -0.25) is 0 Å². The molecule has 0 atom stereocenters. The highest BCUT2D eigenvalue weighted by Gasteiger charge is 2.00. The van der Waals surface area contributed by atoms with Crippen LogP contribution in [-0.4, -0.2) is 36.5 Å². The van der Waals surface area contributed by atoms with Crippen molar-refractivity contribution in [3.63, 3.8) is 0 Å². The highest BCUT2D eigenvalue weighted by Crippen LogP contribution is 1.64. The topological polar surface area (TPSA) is 115 Å². The minimum atomic E-state index is -0.665. The number of carbonyl (C=O) groups is 2. The molecular formula is C6H13N5O3. The molecule has 8 nitrogen and oxygen atoms in total. The minimum Gasteiger partial charge on any atom is -0.395 e. The van der Waals surface area contributed by atoms with Gasteiger partial charge >= 0.3 is 12.1 Å². The van der Waals surface area contributed by atoms with E-state index in [1.807, 2.05) is 10.9 Å². The minimum absolute atomic E-state index is 0.113. The summed E-state index contributed by atoms with van der Waals surface area (Å²) in [5, 5.41) is 14.0. The second-order valence-electron chi connectivity index (χ2n) is 2.06. The summed E-state index contributed by atoms with van der Waals surface area (Å²) < 4.78 is 0. The van der Waals surface area contributed by atoms with Crippen molar-refractivity contribution in [1.29, 1.82) is 0 Å². The van der Waals surface area contributed by atoms with Crippen LogP contribution in [0.2, 0.25) is 0 Å². The zero-order valence-electron chi connectivity index (χ0n) is 7.70. The number of hydrogen-bond acceptors (Lipinski definition) is 4. The molecule has 0 saturated heterocycles. The lowest BCUT2D eigenvalue weighted by atomic mass is 10.7. The number of hydrogen-bond donors (Lipinski definition) is 5. The fourth-order valence-corrected chi connectivity index (χ4v) is 0.478. The molecule has 0 aliphatic carbocycles. The van der Waals surface area contributed by atoms with E-state index in [2.05, 4.69) is 15.8 Å². The first-order valence-electron chi connectivity index (χ1n) is 3.89. The summed E-state index contributed by atoms with van der Waals surface area (Å²) in [4.78, 5) is 21.5. The number of rotatable bonds is 3. The summed E-state index contributed by atoms with van der Waals surface area (Å²) in [7, 11) is 0. The standard InChI is InChI=1S/C6H13N5O3/c1-2-8-9-6(14)11-10-5(13)7-3-4-12/h2,12H,3-4H2,1H3,(H2,7,10,13)(H2,9,11,14). The average Bonchev–Trinajstić information content (AvgIpc) is 2.20. The lowest BCUT2D eigenvalue weighted by molar-refractivity contribution is 0.221. The van der Waals surface area contributed by atoms with Crippen molar-refractivity contribution in [3.8, 4) is 0 Å². The molecule has 0 saturated carbocycles. The second kappa shape index (κ2) is 7.80. The highest BCUT2D eigenvalue weighted by atomic mass is 16.3. The third-order valence-corrected chi connectivity index (χ3v) is 0.982. The third-order valence-electron chi connectivity index (χ3n) is 0.982. The molecular weight excluding hydrogens is 190 g/mol. The number of aliphatic hydroxyl groups excluding tert-OH is 1. The molecule has 0 aromatic heterocycles. The maximum absolute atomic E-state index is 10.8. The number of nitrogens with zero attached hydrogens (tertiary/aromatic N) is 1. The van der Waals surface area contributed by atoms with Gasteiger partial charge in [-0.25, -0.2) is 25.9 Å². The van der Waals surface area contributed by atoms with E-state index in [-0.39, 0.29) is 13.2 Å². The number of aliphatic hydroxyl groups is 1. The summed E-state index contributed by atoms with van der Waals surface area (Å²) in [5.74, 6) is 0. The van der Waals surface area contributed by atoms with Crippen LogP contribution in [0, 0.1) is 0 Å². The van der Waals surface area contributed by atoms with Crippen molar-refractivity contribution in [2.75, 3.05) is 13.2 Å². The van der Waals surface area contributed by atoms with Gasteiger partial charge in [0, 0.05) is 12.8 Å². The van der Waals surface area contributed by atoms with Crippen LogP contribution in [0.15, 0.2) is 5.10 Å². The number of nitrogens with one attached hydrogen (secondary N) is 4. The molecule has 14 heavy (non-hydrogen) atoms. The first-order chi connectivity index (χ1) is 6.70. The van der Waals surface area contributed by atoms with Gasteiger partial charge in [-0.05, 0) is 6.92 Å². The van der Waals surface area contributed by atoms with Gasteiger partial charge in [0.1, 0.15) is 0 Å². The summed E-state index contributed by atoms with van der Waals surface area (Å²) in [5.41, 5.74) is 6.12. The molecule has 0 unspecified atom stereocenters. The Bertz CT molecular complexity index is 218. The second-order valence-corrected chi connectivity index (χ2v) is 2.06. The predicted molar refractivity (Wildman–Crippen MR) is 49.5 cm³/mol. The van der Waals surface area contributed by atoms with Crippen LogP contribution in [-0.2, 0) is 0 Å². The summed E-state index contributed by atoms with van der Waals surface area (Å²) in [6.45, 7) is 1.57. The van der Waals surface area contributed by atoms with Crippen molar-refractivity contribution < 1.29 is 14.7 Å². The molecule has 0 fully saturated rings. The van der Waals surface area contributed by atoms with Crippen LogP contribution in [0.1, 0.15) is 6.92 Å². The Labute approximate surface area is 80.7 Å². The Morgan fingerprint density at radius 3 is 2.57 bits per heavy atom. The Morgan fingerprint density at radius 1 is 1.36 bits per heavy atom. The fourth-order valence-electron chi connectivity index (χ4n) is 0.478. The van der Waals surface area contributed by atoms with Gasteiger partial charge in [-0.1, -0.05) is 0 Å². The van der Waals surface area contributed by atoms with E-state index in [0.717, 1.165) is 0 Å². The zero-order valence-corrected chi connectivity index (χ0v) is 7.70. The van der Waals surface area contributed by atoms with Crippen LogP contribution >= 0.6 is 0 Å². The Morgan fingerprint density at radius 2 is 2.00 bits per heavy atom. The van der Waals surface area contributed by atoms with E-state index >= 15 is 0 Å². The molecule has 0 bridgehead atoms. The molecule has 4 amide bonds. The van der Waals surface area contributed by atoms with Crippen molar-refractivity contribution in [3.05, 3.63) is 0 Å². The van der Waals surface area contributed by atoms with Crippen LogP contribution in [0.25, 0.3) is 0 Å². The molecule has 0 rings (SSSR count). The first-order valence-corrected chi connectivity index (χ1v) is 3.89. The molecule has 0 aliphatic heterocycles. The van der Waals surface area contributed by atoms with Crippen LogP contribution in [0.4, 0.5) is 9.59 Å². The van der Waals surface area contributed by atoms with E-state index in [0.29, 0.717) is 0 Å². The predicted octanol–water partition coefficient (Wildman–Crippen LogP) is -1.50. The number of urea groups is 2. The molecule has 0 aromatic carbocycles.